The number of benzene rings is 1. The van der Waals surface area contributed by atoms with Crippen LogP contribution in [0.5, 0.6) is 0 Å². The molecule has 1 aromatic carbocycles. The molecule has 0 aromatic heterocycles. The van der Waals surface area contributed by atoms with Gasteiger partial charge in [0.25, 0.3) is 5.78 Å². The maximum Gasteiger partial charge on any atom is 0.379 e. The molecular weight excluding hydrogens is 194 g/mol. The summed E-state index contributed by atoms with van der Waals surface area (Å²) in [4.78, 5) is 22.2. The van der Waals surface area contributed by atoms with Crippen LogP contribution in [0.3, 0.4) is 0 Å². The second kappa shape index (κ2) is 7.70. The molecule has 0 saturated heterocycles. The molecule has 0 fully saturated rings. The number of ketones is 1. The van der Waals surface area contributed by atoms with Crippen molar-refractivity contribution in [2.45, 2.75) is 6.92 Å². The molecule has 2 N–H and O–H groups in total. The van der Waals surface area contributed by atoms with Crippen molar-refractivity contribution in [3.63, 3.8) is 0 Å². The molecule has 0 radical (unpaired) electrons. The van der Waals surface area contributed by atoms with Gasteiger partial charge in [-0.05, 0) is 14.0 Å². The smallest absolute Gasteiger partial charge is 0.379 e. The minimum Gasteiger partial charge on any atom is -0.460 e. The minimum atomic E-state index is -0.797. The first-order valence-electron chi connectivity index (χ1n) is 4.60. The molecule has 0 aliphatic heterocycles. The number of carbonyl (C=O) groups is 2. The fraction of sp³-hybridized carbons (Fsp3) is 0.273. The van der Waals surface area contributed by atoms with Crippen LogP contribution in [-0.4, -0.2) is 25.4 Å². The summed E-state index contributed by atoms with van der Waals surface area (Å²) in [6.45, 7) is 1.88. The summed E-state index contributed by atoms with van der Waals surface area (Å²) in [6.07, 6.45) is 0. The quantitative estimate of drug-likeness (QED) is 0.458. The van der Waals surface area contributed by atoms with E-state index >= 15 is 0 Å². The number of hydrogen-bond acceptors (Lipinski definition) is 4. The van der Waals surface area contributed by atoms with Crippen molar-refractivity contribution in [1.29, 1.82) is 0 Å². The molecule has 15 heavy (non-hydrogen) atoms. The summed E-state index contributed by atoms with van der Waals surface area (Å²) in [7, 11) is 1.50. The van der Waals surface area contributed by atoms with E-state index in [-0.39, 0.29) is 6.61 Å². The van der Waals surface area contributed by atoms with Gasteiger partial charge < -0.3 is 10.5 Å². The van der Waals surface area contributed by atoms with Crippen LogP contribution in [-0.2, 0) is 9.53 Å². The minimum absolute atomic E-state index is 0.220. The highest BCUT2D eigenvalue weighted by Crippen LogP contribution is 2.00. The Morgan fingerprint density at radius 1 is 1.20 bits per heavy atom. The average molecular weight is 209 g/mol. The fourth-order valence-electron chi connectivity index (χ4n) is 0.904. The topological polar surface area (TPSA) is 69.4 Å². The Balaban J connectivity index is 0.000000921. The Kier molecular flexibility index (Phi) is 6.84. The third kappa shape index (κ3) is 4.37. The molecule has 0 spiro atoms. The summed E-state index contributed by atoms with van der Waals surface area (Å²) >= 11 is 0. The first kappa shape index (κ1) is 13.3. The van der Waals surface area contributed by atoms with E-state index < -0.39 is 11.8 Å². The third-order valence-corrected chi connectivity index (χ3v) is 1.50. The monoisotopic (exact) mass is 209 g/mol. The maximum absolute atomic E-state index is 11.3. The van der Waals surface area contributed by atoms with Crippen LogP contribution < -0.4 is 5.73 Å². The van der Waals surface area contributed by atoms with Gasteiger partial charge in [0.2, 0.25) is 0 Å². The number of ether oxygens (including phenoxy) is 1. The van der Waals surface area contributed by atoms with Gasteiger partial charge in [0.15, 0.2) is 0 Å². The van der Waals surface area contributed by atoms with E-state index in [1.807, 2.05) is 0 Å². The molecule has 0 amide bonds. The van der Waals surface area contributed by atoms with Gasteiger partial charge in [-0.2, -0.15) is 0 Å². The van der Waals surface area contributed by atoms with Crippen molar-refractivity contribution in [1.82, 2.24) is 0 Å². The summed E-state index contributed by atoms with van der Waals surface area (Å²) in [5, 5.41) is 0. The summed E-state index contributed by atoms with van der Waals surface area (Å²) in [5.41, 5.74) is 4.86. The number of esters is 1. The highest BCUT2D eigenvalue weighted by molar-refractivity contribution is 6.40. The van der Waals surface area contributed by atoms with Crippen LogP contribution in [0.4, 0.5) is 0 Å². The van der Waals surface area contributed by atoms with Gasteiger partial charge in [0, 0.05) is 5.56 Å². The second-order valence-corrected chi connectivity index (χ2v) is 2.42. The van der Waals surface area contributed by atoms with Gasteiger partial charge in [-0.1, -0.05) is 30.3 Å². The number of Topliss-reactive ketones (excluding diaryl/α,β-unsaturated/α-hetero) is 1. The molecule has 0 bridgehead atoms. The fourth-order valence-corrected chi connectivity index (χ4v) is 0.904. The summed E-state index contributed by atoms with van der Waals surface area (Å²) < 4.78 is 4.57. The molecule has 4 heteroatoms. The van der Waals surface area contributed by atoms with Gasteiger partial charge in [-0.25, -0.2) is 4.79 Å². The molecule has 1 rings (SSSR count). The Morgan fingerprint density at radius 2 is 1.73 bits per heavy atom. The molecule has 1 aromatic rings. The van der Waals surface area contributed by atoms with E-state index in [1.165, 1.54) is 7.05 Å². The van der Waals surface area contributed by atoms with Crippen molar-refractivity contribution >= 4 is 11.8 Å². The van der Waals surface area contributed by atoms with Crippen LogP contribution in [0.15, 0.2) is 30.3 Å². The van der Waals surface area contributed by atoms with Crippen LogP contribution in [0, 0.1) is 0 Å². The van der Waals surface area contributed by atoms with Crippen LogP contribution in [0.1, 0.15) is 17.3 Å². The Hall–Kier alpha value is -1.68. The lowest BCUT2D eigenvalue weighted by molar-refractivity contribution is -0.137. The molecule has 0 aliphatic carbocycles. The summed E-state index contributed by atoms with van der Waals surface area (Å²) in [5.74, 6) is -1.39. The molecule has 0 heterocycles. The SMILES string of the molecule is CCOC(=O)C(=O)c1ccccc1.CN. The van der Waals surface area contributed by atoms with Crippen molar-refractivity contribution in [3.05, 3.63) is 35.9 Å². The zero-order valence-electron chi connectivity index (χ0n) is 8.90. The highest BCUT2D eigenvalue weighted by Gasteiger charge is 2.15. The Bertz CT molecular complexity index is 309. The predicted molar refractivity (Wildman–Crippen MR) is 57.5 cm³/mol. The van der Waals surface area contributed by atoms with Crippen molar-refractivity contribution in [3.8, 4) is 0 Å². The van der Waals surface area contributed by atoms with Gasteiger partial charge in [-0.15, -0.1) is 0 Å². The van der Waals surface area contributed by atoms with Gasteiger partial charge in [0.05, 0.1) is 6.61 Å². The number of hydrogen-bond donors (Lipinski definition) is 1. The molecule has 0 unspecified atom stereocenters. The molecule has 0 atom stereocenters. The molecular formula is C11H15NO3. The van der Waals surface area contributed by atoms with Crippen molar-refractivity contribution in [2.75, 3.05) is 13.7 Å². The number of nitrogens with two attached hydrogens (primary N) is 1. The van der Waals surface area contributed by atoms with Gasteiger partial charge in [0.1, 0.15) is 0 Å². The van der Waals surface area contributed by atoms with Crippen molar-refractivity contribution in [2.24, 2.45) is 5.73 Å². The van der Waals surface area contributed by atoms with Crippen molar-refractivity contribution < 1.29 is 14.3 Å². The standard InChI is InChI=1S/C10H10O3.CH5N/c1-2-13-10(12)9(11)8-6-4-3-5-7-8;1-2/h3-7H,2H2,1H3;2H2,1H3. The van der Waals surface area contributed by atoms with Crippen LogP contribution in [0.2, 0.25) is 0 Å². The van der Waals surface area contributed by atoms with E-state index in [9.17, 15) is 9.59 Å². The predicted octanol–water partition coefficient (Wildman–Crippen LogP) is 1.01. The number of carbonyl (C=O) groups excluding carboxylic acids is 2. The Labute approximate surface area is 89.0 Å². The average Bonchev–Trinajstić information content (AvgIpc) is 2.32. The lowest BCUT2D eigenvalue weighted by atomic mass is 10.1. The number of rotatable bonds is 3. The van der Waals surface area contributed by atoms with E-state index in [1.54, 1.807) is 37.3 Å². The largest absolute Gasteiger partial charge is 0.460 e. The molecule has 82 valence electrons. The zero-order valence-corrected chi connectivity index (χ0v) is 8.90. The zero-order chi connectivity index (χ0) is 11.7. The van der Waals surface area contributed by atoms with Gasteiger partial charge in [-0.3, -0.25) is 4.79 Å². The first-order chi connectivity index (χ1) is 7.25. The summed E-state index contributed by atoms with van der Waals surface area (Å²) in [6, 6.07) is 8.35. The third-order valence-electron chi connectivity index (χ3n) is 1.50. The van der Waals surface area contributed by atoms with E-state index in [0.717, 1.165) is 0 Å². The molecule has 4 nitrogen and oxygen atoms in total. The lowest BCUT2D eigenvalue weighted by Gasteiger charge is -1.99. The van der Waals surface area contributed by atoms with Gasteiger partial charge >= 0.3 is 5.97 Å². The molecule has 0 aliphatic rings. The normalized spacial score (nSPS) is 8.47. The maximum atomic E-state index is 11.3. The Morgan fingerprint density at radius 3 is 2.20 bits per heavy atom. The van der Waals surface area contributed by atoms with E-state index in [0.29, 0.717) is 5.56 Å². The van der Waals surface area contributed by atoms with E-state index in [4.69, 9.17) is 0 Å². The lowest BCUT2D eigenvalue weighted by Crippen LogP contribution is -2.17. The highest BCUT2D eigenvalue weighted by atomic mass is 16.5. The molecule has 0 saturated carbocycles. The first-order valence-corrected chi connectivity index (χ1v) is 4.60. The van der Waals surface area contributed by atoms with Crippen LogP contribution in [0.25, 0.3) is 0 Å². The second-order valence-electron chi connectivity index (χ2n) is 2.42. The van der Waals surface area contributed by atoms with Crippen LogP contribution >= 0.6 is 0 Å². The van der Waals surface area contributed by atoms with E-state index in [2.05, 4.69) is 10.5 Å².